The average molecular weight is 298 g/mol. The molecule has 1 atom stereocenters. The number of rotatable bonds is 6. The molecule has 0 N–H and O–H groups in total. The van der Waals surface area contributed by atoms with Gasteiger partial charge < -0.3 is 4.74 Å². The van der Waals surface area contributed by atoms with Crippen LogP contribution in [-0.2, 0) is 9.53 Å². The molecule has 0 heterocycles. The molecule has 0 bridgehead atoms. The monoisotopic (exact) mass is 298 g/mol. The minimum Gasteiger partial charge on any atom is -0.459 e. The largest absolute Gasteiger partial charge is 0.459 e. The Balaban J connectivity index is 4.65. The summed E-state index contributed by atoms with van der Waals surface area (Å²) >= 11 is 0. The molecule has 0 aliphatic carbocycles. The molecule has 0 radical (unpaired) electrons. The Morgan fingerprint density at radius 1 is 1.05 bits per heavy atom. The second kappa shape index (κ2) is 5.96. The molecule has 0 aromatic rings. The lowest BCUT2D eigenvalue weighted by molar-refractivity contribution is -0.274. The molecule has 0 aromatic carbocycles. The molecule has 0 rings (SSSR count). The van der Waals surface area contributed by atoms with Crippen LogP contribution in [0.25, 0.3) is 0 Å². The van der Waals surface area contributed by atoms with Gasteiger partial charge in [0.25, 0.3) is 0 Å². The Kier molecular flexibility index (Phi) is 5.64. The first-order valence-electron chi connectivity index (χ1n) is 5.31. The van der Waals surface area contributed by atoms with E-state index in [9.17, 15) is 35.5 Å². The highest BCUT2D eigenvalue weighted by molar-refractivity contribution is 5.71. The number of alkyl halides is 7. The van der Waals surface area contributed by atoms with Gasteiger partial charge in [0.1, 0.15) is 6.42 Å². The van der Waals surface area contributed by atoms with Crippen molar-refractivity contribution in [3.63, 3.8) is 0 Å². The number of esters is 1. The summed E-state index contributed by atoms with van der Waals surface area (Å²) in [6.07, 6.45) is -8.20. The van der Waals surface area contributed by atoms with E-state index in [2.05, 4.69) is 4.74 Å². The van der Waals surface area contributed by atoms with Crippen LogP contribution in [0.2, 0.25) is 0 Å². The lowest BCUT2D eigenvalue weighted by Gasteiger charge is -2.27. The fourth-order valence-electron chi connectivity index (χ4n) is 0.957. The molecule has 0 amide bonds. The van der Waals surface area contributed by atoms with Crippen molar-refractivity contribution in [1.29, 1.82) is 0 Å². The van der Waals surface area contributed by atoms with Crippen molar-refractivity contribution in [2.24, 2.45) is 5.92 Å². The predicted molar refractivity (Wildman–Crippen MR) is 51.0 cm³/mol. The summed E-state index contributed by atoms with van der Waals surface area (Å²) in [5.74, 6) is -12.4. The summed E-state index contributed by atoms with van der Waals surface area (Å²) in [5, 5.41) is 0. The van der Waals surface area contributed by atoms with Crippen LogP contribution in [0.3, 0.4) is 0 Å². The van der Waals surface area contributed by atoms with Crippen molar-refractivity contribution in [3.8, 4) is 0 Å². The Labute approximate surface area is 104 Å². The number of carbonyl (C=O) groups excluding carboxylic acids is 1. The van der Waals surface area contributed by atoms with E-state index in [0.717, 1.165) is 0 Å². The van der Waals surface area contributed by atoms with Crippen LogP contribution in [-0.4, -0.2) is 30.6 Å². The second-order valence-electron chi connectivity index (χ2n) is 4.12. The number of ether oxygens (including phenoxy) is 1. The van der Waals surface area contributed by atoms with Crippen molar-refractivity contribution >= 4 is 5.97 Å². The molecule has 0 aliphatic rings. The molecule has 114 valence electrons. The number of hydrogen-bond donors (Lipinski definition) is 0. The minimum atomic E-state index is -5.45. The van der Waals surface area contributed by atoms with E-state index in [-0.39, 0.29) is 6.42 Å². The Hall–Kier alpha value is -1.02. The minimum absolute atomic E-state index is 0.226. The second-order valence-corrected chi connectivity index (χ2v) is 4.12. The maximum absolute atomic E-state index is 12.9. The van der Waals surface area contributed by atoms with Crippen LogP contribution in [0.4, 0.5) is 30.7 Å². The van der Waals surface area contributed by atoms with E-state index < -0.39 is 42.9 Å². The standard InChI is InChI=1S/C10H13F7O2/c1-3-6(2)7(18)19-5-9(13,14)8(11,12)4-10(15,16)17/h6H,3-5H2,1-2H3. The van der Waals surface area contributed by atoms with Gasteiger partial charge in [-0.05, 0) is 6.42 Å². The number of hydrogen-bond acceptors (Lipinski definition) is 2. The highest BCUT2D eigenvalue weighted by atomic mass is 19.4. The quantitative estimate of drug-likeness (QED) is 0.551. The van der Waals surface area contributed by atoms with E-state index in [1.807, 2.05) is 0 Å². The summed E-state index contributed by atoms with van der Waals surface area (Å²) in [4.78, 5) is 11.0. The molecule has 0 saturated heterocycles. The third-order valence-electron chi connectivity index (χ3n) is 2.37. The van der Waals surface area contributed by atoms with Crippen LogP contribution in [0.5, 0.6) is 0 Å². The molecule has 19 heavy (non-hydrogen) atoms. The predicted octanol–water partition coefficient (Wildman–Crippen LogP) is 3.80. The average Bonchev–Trinajstić information content (AvgIpc) is 2.21. The van der Waals surface area contributed by atoms with Gasteiger partial charge in [-0.2, -0.15) is 30.7 Å². The number of carbonyl (C=O) groups is 1. The van der Waals surface area contributed by atoms with Gasteiger partial charge in [-0.3, -0.25) is 4.79 Å². The Morgan fingerprint density at radius 3 is 1.89 bits per heavy atom. The molecule has 9 heteroatoms. The van der Waals surface area contributed by atoms with Gasteiger partial charge in [0.05, 0.1) is 5.92 Å². The van der Waals surface area contributed by atoms with Crippen LogP contribution in [0, 0.1) is 5.92 Å². The van der Waals surface area contributed by atoms with Gasteiger partial charge in [0, 0.05) is 0 Å². The molecular weight excluding hydrogens is 285 g/mol. The molecule has 0 saturated carbocycles. The van der Waals surface area contributed by atoms with Crippen LogP contribution in [0.15, 0.2) is 0 Å². The van der Waals surface area contributed by atoms with Crippen molar-refractivity contribution in [2.75, 3.05) is 6.61 Å². The summed E-state index contributed by atoms with van der Waals surface area (Å²) in [6.45, 7) is 0.760. The lowest BCUT2D eigenvalue weighted by Crippen LogP contribution is -2.47. The molecular formula is C10H13F7O2. The van der Waals surface area contributed by atoms with Gasteiger partial charge in [-0.15, -0.1) is 0 Å². The summed E-state index contributed by atoms with van der Waals surface area (Å²) in [7, 11) is 0. The fourth-order valence-corrected chi connectivity index (χ4v) is 0.957. The zero-order chi connectivity index (χ0) is 15.5. The molecule has 0 aromatic heterocycles. The first kappa shape index (κ1) is 18.0. The van der Waals surface area contributed by atoms with E-state index >= 15 is 0 Å². The maximum atomic E-state index is 12.9. The van der Waals surface area contributed by atoms with Crippen molar-refractivity contribution in [2.45, 2.75) is 44.7 Å². The van der Waals surface area contributed by atoms with Crippen molar-refractivity contribution in [1.82, 2.24) is 0 Å². The SMILES string of the molecule is CCC(C)C(=O)OCC(F)(F)C(F)(F)CC(F)(F)F. The highest BCUT2D eigenvalue weighted by Gasteiger charge is 2.61. The normalized spacial score (nSPS) is 15.2. The molecule has 1 unspecified atom stereocenters. The van der Waals surface area contributed by atoms with Crippen LogP contribution >= 0.6 is 0 Å². The first-order chi connectivity index (χ1) is 8.32. The van der Waals surface area contributed by atoms with E-state index in [4.69, 9.17) is 0 Å². The number of halogens is 7. The first-order valence-corrected chi connectivity index (χ1v) is 5.31. The summed E-state index contributed by atoms with van der Waals surface area (Å²) < 4.78 is 90.6. The third-order valence-corrected chi connectivity index (χ3v) is 2.37. The third kappa shape index (κ3) is 5.65. The summed E-state index contributed by atoms with van der Waals surface area (Å²) in [6, 6.07) is 0. The fraction of sp³-hybridized carbons (Fsp3) is 0.900. The molecule has 0 fully saturated rings. The van der Waals surface area contributed by atoms with Gasteiger partial charge in [-0.25, -0.2) is 0 Å². The molecule has 0 aliphatic heterocycles. The maximum Gasteiger partial charge on any atom is 0.395 e. The van der Waals surface area contributed by atoms with Gasteiger partial charge in [0.2, 0.25) is 0 Å². The van der Waals surface area contributed by atoms with E-state index in [1.165, 1.54) is 13.8 Å². The summed E-state index contributed by atoms with van der Waals surface area (Å²) in [5.41, 5.74) is 0. The molecule has 0 spiro atoms. The van der Waals surface area contributed by atoms with E-state index in [1.54, 1.807) is 0 Å². The zero-order valence-corrected chi connectivity index (χ0v) is 10.2. The van der Waals surface area contributed by atoms with Gasteiger partial charge in [-0.1, -0.05) is 13.8 Å². The van der Waals surface area contributed by atoms with Gasteiger partial charge >= 0.3 is 24.0 Å². The zero-order valence-electron chi connectivity index (χ0n) is 10.2. The van der Waals surface area contributed by atoms with Crippen LogP contribution in [0.1, 0.15) is 26.7 Å². The highest BCUT2D eigenvalue weighted by Crippen LogP contribution is 2.42. The molecule has 2 nitrogen and oxygen atoms in total. The van der Waals surface area contributed by atoms with Crippen molar-refractivity contribution < 1.29 is 40.3 Å². The smallest absolute Gasteiger partial charge is 0.395 e. The van der Waals surface area contributed by atoms with Crippen molar-refractivity contribution in [3.05, 3.63) is 0 Å². The Bertz CT molecular complexity index is 311. The van der Waals surface area contributed by atoms with E-state index in [0.29, 0.717) is 0 Å². The van der Waals surface area contributed by atoms with Gasteiger partial charge in [0.15, 0.2) is 6.61 Å². The topological polar surface area (TPSA) is 26.3 Å². The Morgan fingerprint density at radius 2 is 1.53 bits per heavy atom. The van der Waals surface area contributed by atoms with Crippen LogP contribution < -0.4 is 0 Å². The lowest BCUT2D eigenvalue weighted by atomic mass is 10.1.